The molecule has 2 saturated heterocycles. The summed E-state index contributed by atoms with van der Waals surface area (Å²) in [5, 5.41) is 0. The van der Waals surface area contributed by atoms with Gasteiger partial charge in [-0.25, -0.2) is 0 Å². The van der Waals surface area contributed by atoms with Crippen molar-refractivity contribution >= 4 is 29.0 Å². The lowest BCUT2D eigenvalue weighted by Gasteiger charge is -2.36. The van der Waals surface area contributed by atoms with Crippen LogP contribution < -0.4 is 9.80 Å². The Hall–Kier alpha value is -2.39. The van der Waals surface area contributed by atoms with Gasteiger partial charge in [-0.1, -0.05) is 40.3 Å². The van der Waals surface area contributed by atoms with Crippen molar-refractivity contribution in [2.75, 3.05) is 68.7 Å². The molecule has 2 aliphatic rings. The average Bonchev–Trinajstić information content (AvgIpc) is 3.13. The number of carbonyl (C=O) groups excluding carboxylic acids is 1. The molecule has 0 N–H and O–H groups in total. The van der Waals surface area contributed by atoms with E-state index < -0.39 is 5.51 Å². The van der Waals surface area contributed by atoms with E-state index >= 15 is 0 Å². The van der Waals surface area contributed by atoms with Crippen LogP contribution in [0.1, 0.15) is 46.6 Å². The Bertz CT molecular complexity index is 1050. The van der Waals surface area contributed by atoms with Gasteiger partial charge in [-0.15, -0.1) is 0 Å². The van der Waals surface area contributed by atoms with Crippen molar-refractivity contribution in [2.45, 2.75) is 56.9 Å². The van der Waals surface area contributed by atoms with E-state index in [4.69, 9.17) is 0 Å². The summed E-state index contributed by atoms with van der Waals surface area (Å²) >= 11 is -0.0964. The molecule has 4 rings (SSSR count). The number of amides is 1. The van der Waals surface area contributed by atoms with Gasteiger partial charge in [-0.05, 0) is 65.6 Å². The number of piperazine rings is 1. The molecule has 2 heterocycles. The molecule has 2 aromatic carbocycles. The number of anilines is 2. The Kier molecular flexibility index (Phi) is 10.6. The third-order valence-corrected chi connectivity index (χ3v) is 8.14. The lowest BCUT2D eigenvalue weighted by Crippen LogP contribution is -2.47. The van der Waals surface area contributed by atoms with Crippen molar-refractivity contribution in [3.05, 3.63) is 54.1 Å². The number of hydrogen-bond acceptors (Lipinski definition) is 5. The summed E-state index contributed by atoms with van der Waals surface area (Å²) in [5.41, 5.74) is -0.627. The molecule has 0 aliphatic carbocycles. The number of alkyl halides is 3. The first-order chi connectivity index (χ1) is 18.0. The van der Waals surface area contributed by atoms with Crippen LogP contribution in [0, 0.1) is 0 Å². The van der Waals surface area contributed by atoms with Crippen LogP contribution in [-0.4, -0.2) is 80.1 Å². The molecule has 2 aromatic rings. The van der Waals surface area contributed by atoms with E-state index in [2.05, 4.69) is 59.7 Å². The summed E-state index contributed by atoms with van der Waals surface area (Å²) in [6.45, 7) is 14.1. The fraction of sp³-hybridized carbons (Fsp3) is 0.567. The Morgan fingerprint density at radius 2 is 1.31 bits per heavy atom. The first-order valence-corrected chi connectivity index (χ1v) is 14.3. The van der Waals surface area contributed by atoms with Crippen LogP contribution in [0.3, 0.4) is 0 Å². The van der Waals surface area contributed by atoms with E-state index in [1.54, 1.807) is 12.1 Å². The molecule has 0 saturated carbocycles. The summed E-state index contributed by atoms with van der Waals surface area (Å²) in [6, 6.07) is 15.4. The molecule has 0 unspecified atom stereocenters. The third kappa shape index (κ3) is 9.07. The van der Waals surface area contributed by atoms with Crippen molar-refractivity contribution in [3.63, 3.8) is 0 Å². The van der Waals surface area contributed by atoms with Gasteiger partial charge in [0.05, 0.1) is 0 Å². The van der Waals surface area contributed by atoms with Crippen LogP contribution in [0.25, 0.3) is 0 Å². The van der Waals surface area contributed by atoms with Crippen LogP contribution in [0.15, 0.2) is 53.4 Å². The maximum Gasteiger partial charge on any atom is 0.446 e. The zero-order valence-corrected chi connectivity index (χ0v) is 23.5. The van der Waals surface area contributed by atoms with Gasteiger partial charge in [0.1, 0.15) is 0 Å². The number of nitrogens with zero attached hydrogens (tertiary/aromatic N) is 4. The van der Waals surface area contributed by atoms with Crippen molar-refractivity contribution in [1.82, 2.24) is 9.80 Å². The van der Waals surface area contributed by atoms with Gasteiger partial charge in [0.15, 0.2) is 0 Å². The number of carbonyl (C=O) groups is 1. The highest BCUT2D eigenvalue weighted by molar-refractivity contribution is 8.00. The second kappa shape index (κ2) is 13.3. The Balaban J connectivity index is 0.00000420. The van der Waals surface area contributed by atoms with E-state index in [-0.39, 0.29) is 35.4 Å². The minimum Gasteiger partial charge on any atom is -0.370 e. The van der Waals surface area contributed by atoms with E-state index in [1.807, 2.05) is 4.90 Å². The molecule has 2 aliphatic heterocycles. The van der Waals surface area contributed by atoms with Crippen molar-refractivity contribution in [3.8, 4) is 0 Å². The largest absolute Gasteiger partial charge is 0.446 e. The van der Waals surface area contributed by atoms with Gasteiger partial charge in [0.25, 0.3) is 0 Å². The number of benzene rings is 2. The zero-order chi connectivity index (χ0) is 27.3. The number of thioether (sulfide) groups is 1. The lowest BCUT2D eigenvalue weighted by atomic mass is 9.87. The van der Waals surface area contributed by atoms with Gasteiger partial charge >= 0.3 is 5.51 Å². The van der Waals surface area contributed by atoms with Gasteiger partial charge in [-0.3, -0.25) is 9.69 Å². The van der Waals surface area contributed by atoms with Gasteiger partial charge in [0.2, 0.25) is 5.91 Å². The van der Waals surface area contributed by atoms with Crippen LogP contribution in [0.4, 0.5) is 24.5 Å². The molecule has 0 spiro atoms. The van der Waals surface area contributed by atoms with Gasteiger partial charge in [-0.2, -0.15) is 13.2 Å². The number of hydrogen-bond donors (Lipinski definition) is 0. The Morgan fingerprint density at radius 3 is 1.87 bits per heavy atom. The Morgan fingerprint density at radius 1 is 0.769 bits per heavy atom. The second-order valence-corrected chi connectivity index (χ2v) is 12.3. The first kappa shape index (κ1) is 31.1. The standard InChI is InChI=1S/C29H39F3N4OS.CH4/c1-28(2,3)23-5-7-24(8-6-23)35-19-17-33(18-20-35)16-13-27(37)36-15-4-14-34(21-22-36)25-9-11-26(12-10-25)38-29(30,31)32;/h5-12H,4,13-22H2,1-3H3;1H4. The van der Waals surface area contributed by atoms with Crippen LogP contribution in [0.2, 0.25) is 0 Å². The minimum atomic E-state index is -4.28. The quantitative estimate of drug-likeness (QED) is 0.375. The summed E-state index contributed by atoms with van der Waals surface area (Å²) in [4.78, 5) is 22.1. The lowest BCUT2D eigenvalue weighted by molar-refractivity contribution is -0.131. The molecule has 9 heteroatoms. The smallest absolute Gasteiger partial charge is 0.370 e. The van der Waals surface area contributed by atoms with Crippen LogP contribution in [-0.2, 0) is 10.2 Å². The third-order valence-electron chi connectivity index (χ3n) is 7.40. The summed E-state index contributed by atoms with van der Waals surface area (Å²) in [7, 11) is 0. The molecule has 0 radical (unpaired) electrons. The summed E-state index contributed by atoms with van der Waals surface area (Å²) < 4.78 is 37.8. The summed E-state index contributed by atoms with van der Waals surface area (Å²) in [6.07, 6.45) is 1.36. The number of rotatable bonds is 6. The molecule has 0 aromatic heterocycles. The second-order valence-electron chi connectivity index (χ2n) is 11.1. The molecule has 0 bridgehead atoms. The van der Waals surface area contributed by atoms with E-state index in [1.165, 1.54) is 23.4 Å². The van der Waals surface area contributed by atoms with Crippen molar-refractivity contribution in [2.24, 2.45) is 0 Å². The van der Waals surface area contributed by atoms with E-state index in [0.717, 1.165) is 57.9 Å². The topological polar surface area (TPSA) is 30.0 Å². The van der Waals surface area contributed by atoms with Gasteiger partial charge in [0, 0.05) is 81.6 Å². The van der Waals surface area contributed by atoms with Crippen molar-refractivity contribution in [1.29, 1.82) is 0 Å². The highest BCUT2D eigenvalue weighted by Crippen LogP contribution is 2.37. The van der Waals surface area contributed by atoms with E-state index in [9.17, 15) is 18.0 Å². The predicted octanol–water partition coefficient (Wildman–Crippen LogP) is 6.48. The maximum absolute atomic E-state index is 13.0. The van der Waals surface area contributed by atoms with Crippen LogP contribution in [0.5, 0.6) is 0 Å². The Labute approximate surface area is 236 Å². The predicted molar refractivity (Wildman–Crippen MR) is 157 cm³/mol. The molecule has 5 nitrogen and oxygen atoms in total. The van der Waals surface area contributed by atoms with Gasteiger partial charge < -0.3 is 14.7 Å². The fourth-order valence-electron chi connectivity index (χ4n) is 5.10. The average molecular weight is 565 g/mol. The van der Waals surface area contributed by atoms with Crippen molar-refractivity contribution < 1.29 is 18.0 Å². The molecular formula is C30H43F3N4OS. The molecular weight excluding hydrogens is 521 g/mol. The monoisotopic (exact) mass is 564 g/mol. The normalized spacial score (nSPS) is 17.5. The molecule has 216 valence electrons. The minimum absolute atomic E-state index is 0. The molecule has 39 heavy (non-hydrogen) atoms. The zero-order valence-electron chi connectivity index (χ0n) is 22.6. The molecule has 0 atom stereocenters. The molecule has 2 fully saturated rings. The highest BCUT2D eigenvalue weighted by Gasteiger charge is 2.29. The maximum atomic E-state index is 13.0. The summed E-state index contributed by atoms with van der Waals surface area (Å²) in [5.74, 6) is 0.184. The molecule has 1 amide bonds. The number of halogens is 3. The first-order valence-electron chi connectivity index (χ1n) is 13.4. The van der Waals surface area contributed by atoms with Crippen LogP contribution >= 0.6 is 11.8 Å². The highest BCUT2D eigenvalue weighted by atomic mass is 32.2. The van der Waals surface area contributed by atoms with E-state index in [0.29, 0.717) is 19.5 Å². The SMILES string of the molecule is C.CC(C)(C)c1ccc(N2CCN(CCC(=O)N3CCCN(c4ccc(SC(F)(F)F)cc4)CC3)CC2)cc1. The fourth-order valence-corrected chi connectivity index (χ4v) is 5.64.